The van der Waals surface area contributed by atoms with Crippen LogP contribution in [0.3, 0.4) is 0 Å². The number of alkyl halides is 3. The van der Waals surface area contributed by atoms with Gasteiger partial charge in [-0.15, -0.1) is 13.2 Å². The number of ether oxygens (including phenoxy) is 2. The lowest BCUT2D eigenvalue weighted by Crippen LogP contribution is -2.47. The third kappa shape index (κ3) is 3.77. The first-order valence-corrected chi connectivity index (χ1v) is 10.5. The van der Waals surface area contributed by atoms with Crippen molar-refractivity contribution < 1.29 is 22.6 Å². The summed E-state index contributed by atoms with van der Waals surface area (Å²) in [5, 5.41) is 3.93. The summed E-state index contributed by atoms with van der Waals surface area (Å²) in [6, 6.07) is 15.7. The van der Waals surface area contributed by atoms with E-state index in [2.05, 4.69) is 14.6 Å². The van der Waals surface area contributed by atoms with Gasteiger partial charge in [0.05, 0.1) is 11.4 Å². The molecule has 0 atom stereocenters. The highest BCUT2D eigenvalue weighted by molar-refractivity contribution is 6.30. The van der Waals surface area contributed by atoms with Crippen LogP contribution in [0.2, 0.25) is 5.02 Å². The van der Waals surface area contributed by atoms with Gasteiger partial charge in [-0.2, -0.15) is 0 Å². The molecule has 3 heterocycles. The molecular formula is C23H20ClF3N2O2. The highest BCUT2D eigenvalue weighted by atomic mass is 35.5. The normalized spacial score (nSPS) is 17.0. The molecule has 2 aliphatic heterocycles. The topological polar surface area (TPSA) is 35.4 Å². The second-order valence-corrected chi connectivity index (χ2v) is 8.27. The molecule has 0 aliphatic carbocycles. The van der Waals surface area contributed by atoms with E-state index in [-0.39, 0.29) is 12.2 Å². The van der Waals surface area contributed by atoms with Gasteiger partial charge in [0, 0.05) is 41.6 Å². The molecular weight excluding hydrogens is 429 g/mol. The smallest absolute Gasteiger partial charge is 0.479 e. The summed E-state index contributed by atoms with van der Waals surface area (Å²) in [6.45, 7) is 1.64. The van der Waals surface area contributed by atoms with Crippen molar-refractivity contribution in [2.24, 2.45) is 0 Å². The number of piperidine rings is 1. The van der Waals surface area contributed by atoms with E-state index in [9.17, 15) is 13.2 Å². The molecule has 4 nitrogen and oxygen atoms in total. The third-order valence-corrected chi connectivity index (χ3v) is 6.11. The van der Waals surface area contributed by atoms with Crippen LogP contribution >= 0.6 is 11.6 Å². The number of nitrogens with zero attached hydrogens (tertiary/aromatic N) is 1. The maximum Gasteiger partial charge on any atom is 0.573 e. The van der Waals surface area contributed by atoms with Gasteiger partial charge in [-0.25, -0.2) is 0 Å². The minimum Gasteiger partial charge on any atom is -0.479 e. The molecule has 1 saturated heterocycles. The molecule has 5 rings (SSSR count). The van der Waals surface area contributed by atoms with Gasteiger partial charge in [-0.1, -0.05) is 29.8 Å². The van der Waals surface area contributed by atoms with Gasteiger partial charge in [0.15, 0.2) is 5.60 Å². The quantitative estimate of drug-likeness (QED) is 0.567. The number of hydrogen-bond donors (Lipinski definition) is 1. The molecule has 0 amide bonds. The van der Waals surface area contributed by atoms with Gasteiger partial charge in [0.25, 0.3) is 0 Å². The Labute approximate surface area is 182 Å². The van der Waals surface area contributed by atoms with E-state index in [0.717, 1.165) is 43.0 Å². The van der Waals surface area contributed by atoms with E-state index in [1.807, 2.05) is 18.2 Å². The average molecular weight is 449 g/mol. The lowest BCUT2D eigenvalue weighted by molar-refractivity contribution is -0.274. The number of rotatable bonds is 3. The van der Waals surface area contributed by atoms with Crippen molar-refractivity contribution >= 4 is 11.6 Å². The molecule has 162 valence electrons. The minimum atomic E-state index is -4.75. The van der Waals surface area contributed by atoms with Crippen LogP contribution in [-0.2, 0) is 12.0 Å². The Morgan fingerprint density at radius 3 is 2.61 bits per heavy atom. The lowest BCUT2D eigenvalue weighted by atomic mass is 9.87. The molecule has 2 aliphatic rings. The molecule has 1 N–H and O–H groups in total. The molecule has 1 spiro atoms. The Kier molecular flexibility index (Phi) is 4.90. The van der Waals surface area contributed by atoms with Gasteiger partial charge >= 0.3 is 6.36 Å². The van der Waals surface area contributed by atoms with Gasteiger partial charge in [0.2, 0.25) is 0 Å². The fraction of sp³-hybridized carbons (Fsp3) is 0.304. The summed E-state index contributed by atoms with van der Waals surface area (Å²) in [5.74, 6) is 0.490. The first-order chi connectivity index (χ1) is 14.8. The number of fused-ring (bicyclic) bond motifs is 4. The molecule has 0 unspecified atom stereocenters. The van der Waals surface area contributed by atoms with Crippen molar-refractivity contribution in [3.63, 3.8) is 0 Å². The van der Waals surface area contributed by atoms with Crippen molar-refractivity contribution in [2.75, 3.05) is 13.1 Å². The highest BCUT2D eigenvalue weighted by Gasteiger charge is 2.43. The van der Waals surface area contributed by atoms with Gasteiger partial charge in [-0.3, -0.25) is 0 Å². The van der Waals surface area contributed by atoms with E-state index < -0.39 is 12.0 Å². The van der Waals surface area contributed by atoms with Crippen LogP contribution in [0, 0.1) is 0 Å². The maximum atomic E-state index is 12.9. The van der Waals surface area contributed by atoms with Crippen molar-refractivity contribution in [1.29, 1.82) is 0 Å². The summed E-state index contributed by atoms with van der Waals surface area (Å²) in [4.78, 5) is 0. The number of halogens is 4. The molecule has 0 radical (unpaired) electrons. The second-order valence-electron chi connectivity index (χ2n) is 7.84. The Balaban J connectivity index is 1.60. The summed E-state index contributed by atoms with van der Waals surface area (Å²) in [5.41, 5.74) is 2.66. The zero-order chi connectivity index (χ0) is 21.6. The van der Waals surface area contributed by atoms with Crippen molar-refractivity contribution in [2.45, 2.75) is 31.2 Å². The van der Waals surface area contributed by atoms with E-state index >= 15 is 0 Å². The molecule has 1 aromatic heterocycles. The first kappa shape index (κ1) is 20.3. The number of nitrogens with one attached hydrogen (secondary N) is 1. The predicted octanol–water partition coefficient (Wildman–Crippen LogP) is 5.59. The third-order valence-electron chi connectivity index (χ3n) is 5.88. The largest absolute Gasteiger partial charge is 0.573 e. The van der Waals surface area contributed by atoms with Crippen LogP contribution < -0.4 is 14.8 Å². The molecule has 8 heteroatoms. The van der Waals surface area contributed by atoms with Gasteiger partial charge < -0.3 is 19.4 Å². The maximum absolute atomic E-state index is 12.9. The van der Waals surface area contributed by atoms with E-state index in [1.165, 1.54) is 12.1 Å². The fourth-order valence-corrected chi connectivity index (χ4v) is 4.69. The molecule has 2 aromatic carbocycles. The van der Waals surface area contributed by atoms with Crippen molar-refractivity contribution in [3.8, 4) is 17.2 Å². The van der Waals surface area contributed by atoms with Crippen molar-refractivity contribution in [3.05, 3.63) is 76.6 Å². The number of aromatic nitrogens is 1. The lowest BCUT2D eigenvalue weighted by Gasteiger charge is -2.42. The monoisotopic (exact) mass is 448 g/mol. The number of hydrogen-bond acceptors (Lipinski definition) is 3. The molecule has 0 bridgehead atoms. The van der Waals surface area contributed by atoms with E-state index in [4.69, 9.17) is 16.3 Å². The number of benzene rings is 2. The molecule has 0 saturated carbocycles. The zero-order valence-corrected chi connectivity index (χ0v) is 17.3. The summed E-state index contributed by atoms with van der Waals surface area (Å²) < 4.78 is 51.5. The van der Waals surface area contributed by atoms with Crippen molar-refractivity contribution in [1.82, 2.24) is 9.88 Å². The molecule has 31 heavy (non-hydrogen) atoms. The Morgan fingerprint density at radius 1 is 1.06 bits per heavy atom. The van der Waals surface area contributed by atoms with Gasteiger partial charge in [0.1, 0.15) is 11.5 Å². The summed E-state index contributed by atoms with van der Waals surface area (Å²) >= 11 is 6.23. The van der Waals surface area contributed by atoms with Gasteiger partial charge in [-0.05, 0) is 43.4 Å². The van der Waals surface area contributed by atoms with Crippen LogP contribution in [-0.4, -0.2) is 24.0 Å². The zero-order valence-electron chi connectivity index (χ0n) is 16.5. The van der Waals surface area contributed by atoms with Crippen LogP contribution in [0.25, 0.3) is 5.69 Å². The van der Waals surface area contributed by atoms with E-state index in [0.29, 0.717) is 16.3 Å². The SMILES string of the molecule is FC(F)(F)Oc1ccccc1Cc1ccc2n1-c1ccc(Cl)cc1OC21CCNCC1. The van der Waals surface area contributed by atoms with Crippen LogP contribution in [0.1, 0.15) is 29.8 Å². The van der Waals surface area contributed by atoms with Crippen LogP contribution in [0.4, 0.5) is 13.2 Å². The standard InChI is InChI=1S/C23H20ClF3N2O2/c24-16-5-7-18-20(14-16)30-22(9-11-28-12-10-22)21-8-6-17(29(18)21)13-15-3-1-2-4-19(15)31-23(25,26)27/h1-8,14,28H,9-13H2. The summed E-state index contributed by atoms with van der Waals surface area (Å²) in [6.07, 6.45) is -2.89. The molecule has 3 aromatic rings. The molecule has 1 fully saturated rings. The Hall–Kier alpha value is -2.64. The minimum absolute atomic E-state index is 0.189. The van der Waals surface area contributed by atoms with Crippen LogP contribution in [0.5, 0.6) is 11.5 Å². The summed E-state index contributed by atoms with van der Waals surface area (Å²) in [7, 11) is 0. The van der Waals surface area contributed by atoms with Crippen LogP contribution in [0.15, 0.2) is 54.6 Å². The Morgan fingerprint density at radius 2 is 1.84 bits per heavy atom. The van der Waals surface area contributed by atoms with E-state index in [1.54, 1.807) is 24.3 Å². The fourth-order valence-electron chi connectivity index (χ4n) is 4.53. The predicted molar refractivity (Wildman–Crippen MR) is 111 cm³/mol. The second kappa shape index (κ2) is 7.50. The Bertz CT molecular complexity index is 1120. The highest BCUT2D eigenvalue weighted by Crippen LogP contribution is 2.46. The number of para-hydroxylation sites is 1. The average Bonchev–Trinajstić information content (AvgIpc) is 3.14. The first-order valence-electron chi connectivity index (χ1n) is 10.1.